The summed E-state index contributed by atoms with van der Waals surface area (Å²) in [5, 5.41) is 0. The number of rotatable bonds is 3. The van der Waals surface area contributed by atoms with Crippen molar-refractivity contribution in [1.82, 2.24) is 14.8 Å². The molecule has 4 aliphatic rings. The number of carbonyl (C=O) groups is 1. The van der Waals surface area contributed by atoms with E-state index in [4.69, 9.17) is 4.74 Å². The summed E-state index contributed by atoms with van der Waals surface area (Å²) in [6.07, 6.45) is 4.16. The fourth-order valence-electron chi connectivity index (χ4n) is 5.66. The predicted molar refractivity (Wildman–Crippen MR) is 108 cm³/mol. The fraction of sp³-hybridized carbons (Fsp3) is 0.478. The Morgan fingerprint density at radius 1 is 1.11 bits per heavy atom. The first kappa shape index (κ1) is 17.7. The number of fused-ring (bicyclic) bond motifs is 2. The first-order valence-corrected chi connectivity index (χ1v) is 10.3. The molecule has 4 saturated heterocycles. The Bertz CT molecular complexity index is 874. The van der Waals surface area contributed by atoms with Crippen LogP contribution >= 0.6 is 0 Å². The molecule has 1 aromatic carbocycles. The molecule has 0 aliphatic carbocycles. The first-order valence-electron chi connectivity index (χ1n) is 10.3. The van der Waals surface area contributed by atoms with Crippen molar-refractivity contribution in [1.29, 1.82) is 0 Å². The van der Waals surface area contributed by atoms with E-state index in [1.165, 1.54) is 18.4 Å². The number of nitrogens with zero attached hydrogens (tertiary/aromatic N) is 3. The van der Waals surface area contributed by atoms with Crippen LogP contribution in [0.3, 0.4) is 0 Å². The molecule has 5 nitrogen and oxygen atoms in total. The molecule has 0 spiro atoms. The number of likely N-dealkylation sites (tertiary alicyclic amines) is 1. The molecular formula is C23H27N3O2. The van der Waals surface area contributed by atoms with E-state index >= 15 is 0 Å². The molecule has 5 heteroatoms. The third kappa shape index (κ3) is 2.72. The summed E-state index contributed by atoms with van der Waals surface area (Å²) in [6, 6.07) is 12.9. The highest BCUT2D eigenvalue weighted by molar-refractivity contribution is 5.95. The van der Waals surface area contributed by atoms with E-state index in [1.807, 2.05) is 31.2 Å². The predicted octanol–water partition coefficient (Wildman–Crippen LogP) is 3.10. The number of aromatic nitrogens is 1. The van der Waals surface area contributed by atoms with Crippen molar-refractivity contribution in [2.45, 2.75) is 37.8 Å². The number of hydrogen-bond donors (Lipinski definition) is 0. The molecule has 5 heterocycles. The lowest BCUT2D eigenvalue weighted by atomic mass is 9.75. The summed E-state index contributed by atoms with van der Waals surface area (Å²) in [5.74, 6) is 1.98. The maximum absolute atomic E-state index is 13.5. The average Bonchev–Trinajstić information content (AvgIpc) is 3.17. The topological polar surface area (TPSA) is 45.7 Å². The van der Waals surface area contributed by atoms with Crippen molar-refractivity contribution < 1.29 is 9.53 Å². The zero-order valence-corrected chi connectivity index (χ0v) is 16.5. The van der Waals surface area contributed by atoms with Crippen molar-refractivity contribution in [2.75, 3.05) is 26.7 Å². The van der Waals surface area contributed by atoms with Crippen molar-refractivity contribution in [3.8, 4) is 5.75 Å². The summed E-state index contributed by atoms with van der Waals surface area (Å²) < 4.78 is 5.34. The molecule has 4 fully saturated rings. The molecule has 1 aromatic heterocycles. The molecule has 146 valence electrons. The van der Waals surface area contributed by atoms with Gasteiger partial charge in [-0.15, -0.1) is 0 Å². The summed E-state index contributed by atoms with van der Waals surface area (Å²) in [5.41, 5.74) is 2.87. The Labute approximate surface area is 166 Å². The Morgan fingerprint density at radius 2 is 1.86 bits per heavy atom. The standard InChI is InChI=1S/C23H27N3O2/c1-15-19(4-3-11-24-15)23(27)26-14-20(16-5-7-18(28-2)8-6-16)22-21(26)17-9-12-25(22)13-10-17/h3-8,11,17,20-22H,9-10,12-14H2,1-2H3/t20-,21+,22+/m1/s1. The molecular weight excluding hydrogens is 350 g/mol. The van der Waals surface area contributed by atoms with E-state index in [-0.39, 0.29) is 5.91 Å². The fourth-order valence-corrected chi connectivity index (χ4v) is 5.66. The second-order valence-corrected chi connectivity index (χ2v) is 8.33. The SMILES string of the molecule is COc1ccc([C@H]2CN(C(=O)c3cccnc3C)[C@H]3C4CCN(CC4)[C@@H]23)cc1. The van der Waals surface area contributed by atoms with Gasteiger partial charge in [0.15, 0.2) is 0 Å². The second kappa shape index (κ2) is 6.89. The molecule has 2 bridgehead atoms. The van der Waals surface area contributed by atoms with Crippen molar-refractivity contribution >= 4 is 5.91 Å². The number of carbonyl (C=O) groups excluding carboxylic acids is 1. The molecule has 0 N–H and O–H groups in total. The van der Waals surface area contributed by atoms with Crippen LogP contribution in [0.4, 0.5) is 0 Å². The van der Waals surface area contributed by atoms with E-state index in [9.17, 15) is 4.79 Å². The van der Waals surface area contributed by atoms with Crippen LogP contribution in [-0.2, 0) is 0 Å². The highest BCUT2D eigenvalue weighted by Crippen LogP contribution is 2.47. The number of benzene rings is 1. The van der Waals surface area contributed by atoms with Gasteiger partial charge in [-0.25, -0.2) is 0 Å². The van der Waals surface area contributed by atoms with E-state index in [2.05, 4.69) is 26.9 Å². The lowest BCUT2D eigenvalue weighted by Crippen LogP contribution is -2.60. The molecule has 2 aromatic rings. The van der Waals surface area contributed by atoms with E-state index in [0.29, 0.717) is 23.9 Å². The summed E-state index contributed by atoms with van der Waals surface area (Å²) in [7, 11) is 1.70. The molecule has 0 unspecified atom stereocenters. The molecule has 3 atom stereocenters. The molecule has 1 amide bonds. The van der Waals surface area contributed by atoms with Gasteiger partial charge >= 0.3 is 0 Å². The Balaban J connectivity index is 1.52. The van der Waals surface area contributed by atoms with Crippen LogP contribution in [0.15, 0.2) is 42.6 Å². The summed E-state index contributed by atoms with van der Waals surface area (Å²) in [4.78, 5) is 22.7. The van der Waals surface area contributed by atoms with Gasteiger partial charge in [0, 0.05) is 30.4 Å². The van der Waals surface area contributed by atoms with Crippen LogP contribution in [0.2, 0.25) is 0 Å². The minimum Gasteiger partial charge on any atom is -0.497 e. The van der Waals surface area contributed by atoms with Crippen LogP contribution in [0.1, 0.15) is 40.4 Å². The zero-order valence-electron chi connectivity index (χ0n) is 16.5. The van der Waals surface area contributed by atoms with Crippen molar-refractivity contribution in [3.05, 3.63) is 59.4 Å². The van der Waals surface area contributed by atoms with Gasteiger partial charge in [-0.1, -0.05) is 12.1 Å². The van der Waals surface area contributed by atoms with E-state index in [1.54, 1.807) is 13.3 Å². The molecule has 28 heavy (non-hydrogen) atoms. The van der Waals surface area contributed by atoms with Crippen LogP contribution < -0.4 is 4.74 Å². The van der Waals surface area contributed by atoms with Crippen LogP contribution in [0.25, 0.3) is 0 Å². The van der Waals surface area contributed by atoms with Gasteiger partial charge < -0.3 is 9.64 Å². The smallest absolute Gasteiger partial charge is 0.256 e. The largest absolute Gasteiger partial charge is 0.497 e. The van der Waals surface area contributed by atoms with Gasteiger partial charge in [0.25, 0.3) is 5.91 Å². The number of pyridine rings is 1. The van der Waals surface area contributed by atoms with Gasteiger partial charge in [-0.05, 0) is 68.6 Å². The Hall–Kier alpha value is -2.40. The summed E-state index contributed by atoms with van der Waals surface area (Å²) >= 11 is 0. The molecule has 6 rings (SSSR count). The number of ether oxygens (including phenoxy) is 1. The Morgan fingerprint density at radius 3 is 2.54 bits per heavy atom. The van der Waals surface area contributed by atoms with Gasteiger partial charge in [-0.2, -0.15) is 0 Å². The minimum atomic E-state index is 0.144. The monoisotopic (exact) mass is 377 g/mol. The number of amides is 1. The van der Waals surface area contributed by atoms with Crippen LogP contribution in [-0.4, -0.2) is 59.5 Å². The third-order valence-corrected chi connectivity index (χ3v) is 7.04. The Kier molecular flexibility index (Phi) is 4.35. The van der Waals surface area contributed by atoms with Gasteiger partial charge in [0.05, 0.1) is 18.7 Å². The van der Waals surface area contributed by atoms with Gasteiger partial charge in [0.1, 0.15) is 5.75 Å². The van der Waals surface area contributed by atoms with Crippen molar-refractivity contribution in [2.24, 2.45) is 5.92 Å². The maximum Gasteiger partial charge on any atom is 0.256 e. The number of piperidine rings is 3. The van der Waals surface area contributed by atoms with Crippen LogP contribution in [0.5, 0.6) is 5.75 Å². The maximum atomic E-state index is 13.5. The molecule has 0 saturated carbocycles. The van der Waals surface area contributed by atoms with E-state index in [0.717, 1.165) is 36.6 Å². The van der Waals surface area contributed by atoms with Crippen LogP contribution in [0, 0.1) is 12.8 Å². The van der Waals surface area contributed by atoms with Crippen molar-refractivity contribution in [3.63, 3.8) is 0 Å². The summed E-state index contributed by atoms with van der Waals surface area (Å²) in [6.45, 7) is 5.03. The molecule has 0 radical (unpaired) electrons. The highest BCUT2D eigenvalue weighted by atomic mass is 16.5. The third-order valence-electron chi connectivity index (χ3n) is 7.04. The zero-order chi connectivity index (χ0) is 19.3. The number of methoxy groups -OCH3 is 1. The second-order valence-electron chi connectivity index (χ2n) is 8.33. The normalized spacial score (nSPS) is 30.9. The number of aryl methyl sites for hydroxylation is 1. The quantitative estimate of drug-likeness (QED) is 0.825. The minimum absolute atomic E-state index is 0.144. The van der Waals surface area contributed by atoms with Gasteiger partial charge in [-0.3, -0.25) is 14.7 Å². The first-order chi connectivity index (χ1) is 13.7. The lowest BCUT2D eigenvalue weighted by Gasteiger charge is -2.51. The average molecular weight is 377 g/mol. The molecule has 4 aliphatic heterocycles. The lowest BCUT2D eigenvalue weighted by molar-refractivity contribution is -0.00344. The van der Waals surface area contributed by atoms with Gasteiger partial charge in [0.2, 0.25) is 0 Å². The number of hydrogen-bond acceptors (Lipinski definition) is 4. The highest BCUT2D eigenvalue weighted by Gasteiger charge is 2.54. The van der Waals surface area contributed by atoms with E-state index < -0.39 is 0 Å².